The van der Waals surface area contributed by atoms with Gasteiger partial charge in [0, 0.05) is 32.3 Å². The Morgan fingerprint density at radius 1 is 1.26 bits per heavy atom. The third-order valence-electron chi connectivity index (χ3n) is 3.29. The maximum atomic E-state index is 12.1. The second-order valence-electron chi connectivity index (χ2n) is 4.86. The lowest BCUT2D eigenvalue weighted by Crippen LogP contribution is -2.35. The van der Waals surface area contributed by atoms with Gasteiger partial charge in [0.15, 0.2) is 0 Å². The summed E-state index contributed by atoms with van der Waals surface area (Å²) in [6, 6.07) is 5.54. The molecule has 0 spiro atoms. The highest BCUT2D eigenvalue weighted by molar-refractivity contribution is 5.99. The molecule has 1 aliphatic rings. The smallest absolute Gasteiger partial charge is 0.250 e. The van der Waals surface area contributed by atoms with Gasteiger partial charge < -0.3 is 24.8 Å². The Labute approximate surface area is 142 Å². The molecule has 1 aromatic rings. The first kappa shape index (κ1) is 19.3. The molecular formula is C16H23ClN2O4. The first-order chi connectivity index (χ1) is 10.7. The van der Waals surface area contributed by atoms with Crippen LogP contribution in [-0.4, -0.2) is 53.0 Å². The summed E-state index contributed by atoms with van der Waals surface area (Å²) in [6.45, 7) is 2.97. The second-order valence-corrected chi connectivity index (χ2v) is 4.86. The quantitative estimate of drug-likeness (QED) is 0.696. The number of benzene rings is 1. The van der Waals surface area contributed by atoms with Crippen molar-refractivity contribution in [3.05, 3.63) is 29.3 Å². The number of amides is 1. The summed E-state index contributed by atoms with van der Waals surface area (Å²) in [5.41, 5.74) is 1.46. The molecule has 6 nitrogen and oxygen atoms in total. The molecule has 23 heavy (non-hydrogen) atoms. The number of fused-ring (bicyclic) bond motifs is 1. The van der Waals surface area contributed by atoms with E-state index in [2.05, 4.69) is 10.6 Å². The van der Waals surface area contributed by atoms with Gasteiger partial charge in [-0.1, -0.05) is 0 Å². The Morgan fingerprint density at radius 3 is 2.83 bits per heavy atom. The molecule has 1 amide bonds. The third-order valence-corrected chi connectivity index (χ3v) is 3.29. The van der Waals surface area contributed by atoms with Gasteiger partial charge in [-0.25, -0.2) is 0 Å². The summed E-state index contributed by atoms with van der Waals surface area (Å²) in [4.78, 5) is 12.1. The number of halogens is 1. The van der Waals surface area contributed by atoms with E-state index in [1.165, 1.54) is 0 Å². The van der Waals surface area contributed by atoms with E-state index in [0.29, 0.717) is 25.3 Å². The highest BCUT2D eigenvalue weighted by atomic mass is 35.5. The van der Waals surface area contributed by atoms with Crippen LogP contribution in [0.15, 0.2) is 23.8 Å². The minimum atomic E-state index is -0.109. The topological polar surface area (TPSA) is 68.8 Å². The number of methoxy groups -OCH3 is 2. The summed E-state index contributed by atoms with van der Waals surface area (Å²) in [7, 11) is 3.27. The van der Waals surface area contributed by atoms with Gasteiger partial charge in [0.1, 0.15) is 18.1 Å². The molecule has 0 saturated heterocycles. The van der Waals surface area contributed by atoms with Crippen LogP contribution in [0.4, 0.5) is 0 Å². The molecule has 7 heteroatoms. The van der Waals surface area contributed by atoms with Gasteiger partial charge in [-0.15, -0.1) is 12.4 Å². The number of hydrogen-bond donors (Lipinski definition) is 2. The van der Waals surface area contributed by atoms with Crippen LogP contribution in [0.1, 0.15) is 5.56 Å². The maximum Gasteiger partial charge on any atom is 0.250 e. The number of hydrogen-bond acceptors (Lipinski definition) is 5. The fourth-order valence-corrected chi connectivity index (χ4v) is 2.09. The largest absolute Gasteiger partial charge is 0.497 e. The molecule has 2 rings (SSSR count). The van der Waals surface area contributed by atoms with Crippen LogP contribution in [0, 0.1) is 0 Å². The summed E-state index contributed by atoms with van der Waals surface area (Å²) in [6.07, 6.45) is 1.84. The molecule has 0 fully saturated rings. The van der Waals surface area contributed by atoms with Gasteiger partial charge in [0.2, 0.25) is 0 Å². The van der Waals surface area contributed by atoms with E-state index >= 15 is 0 Å². The van der Waals surface area contributed by atoms with Crippen LogP contribution in [0.25, 0.3) is 6.08 Å². The molecule has 1 aromatic carbocycles. The van der Waals surface area contributed by atoms with Gasteiger partial charge >= 0.3 is 0 Å². The molecule has 0 unspecified atom stereocenters. The van der Waals surface area contributed by atoms with E-state index in [0.717, 1.165) is 23.6 Å². The predicted molar refractivity (Wildman–Crippen MR) is 91.5 cm³/mol. The van der Waals surface area contributed by atoms with Crippen molar-refractivity contribution in [3.63, 3.8) is 0 Å². The minimum Gasteiger partial charge on any atom is -0.497 e. The molecule has 2 N–H and O–H groups in total. The molecule has 0 radical (unpaired) electrons. The number of rotatable bonds is 8. The Kier molecular flexibility index (Phi) is 8.47. The fraction of sp³-hybridized carbons (Fsp3) is 0.438. The third kappa shape index (κ3) is 5.74. The number of ether oxygens (including phenoxy) is 3. The van der Waals surface area contributed by atoms with Gasteiger partial charge in [0.25, 0.3) is 5.91 Å². The van der Waals surface area contributed by atoms with Gasteiger partial charge in [-0.05, 0) is 24.3 Å². The summed E-state index contributed by atoms with van der Waals surface area (Å²) < 4.78 is 15.7. The summed E-state index contributed by atoms with van der Waals surface area (Å²) in [5, 5.41) is 6.04. The SMILES string of the molecule is COCCNCCNC(=O)C1=Cc2cc(OC)ccc2OC1.Cl. The van der Waals surface area contributed by atoms with E-state index in [4.69, 9.17) is 14.2 Å². The van der Waals surface area contributed by atoms with Crippen molar-refractivity contribution in [2.75, 3.05) is 47.1 Å². The molecule has 0 aromatic heterocycles. The molecule has 0 bridgehead atoms. The Hall–Kier alpha value is -1.76. The lowest BCUT2D eigenvalue weighted by molar-refractivity contribution is -0.117. The van der Waals surface area contributed by atoms with Gasteiger partial charge in [-0.3, -0.25) is 4.79 Å². The van der Waals surface area contributed by atoms with Crippen molar-refractivity contribution in [3.8, 4) is 11.5 Å². The Balaban J connectivity index is 0.00000264. The molecule has 1 aliphatic heterocycles. The average Bonchev–Trinajstić information content (AvgIpc) is 2.56. The van der Waals surface area contributed by atoms with Crippen LogP contribution in [0.3, 0.4) is 0 Å². The van der Waals surface area contributed by atoms with E-state index < -0.39 is 0 Å². The highest BCUT2D eigenvalue weighted by Gasteiger charge is 2.17. The van der Waals surface area contributed by atoms with Crippen LogP contribution >= 0.6 is 12.4 Å². The summed E-state index contributed by atoms with van der Waals surface area (Å²) >= 11 is 0. The number of nitrogens with one attached hydrogen (secondary N) is 2. The summed E-state index contributed by atoms with van der Waals surface area (Å²) in [5.74, 6) is 1.39. The average molecular weight is 343 g/mol. The molecule has 1 heterocycles. The Morgan fingerprint density at radius 2 is 2.09 bits per heavy atom. The fourth-order valence-electron chi connectivity index (χ4n) is 2.09. The zero-order valence-electron chi connectivity index (χ0n) is 13.4. The number of carbonyl (C=O) groups excluding carboxylic acids is 1. The van der Waals surface area contributed by atoms with Crippen molar-refractivity contribution in [1.29, 1.82) is 0 Å². The lowest BCUT2D eigenvalue weighted by Gasteiger charge is -2.18. The molecule has 0 aliphatic carbocycles. The van der Waals surface area contributed by atoms with Gasteiger partial charge in [0.05, 0.1) is 19.3 Å². The minimum absolute atomic E-state index is 0. The molecule has 0 saturated carbocycles. The predicted octanol–water partition coefficient (Wildman–Crippen LogP) is 1.25. The van der Waals surface area contributed by atoms with Crippen LogP contribution < -0.4 is 20.1 Å². The molecular weight excluding hydrogens is 320 g/mol. The van der Waals surface area contributed by atoms with Crippen molar-refractivity contribution < 1.29 is 19.0 Å². The van der Waals surface area contributed by atoms with Crippen LogP contribution in [-0.2, 0) is 9.53 Å². The molecule has 128 valence electrons. The first-order valence-electron chi connectivity index (χ1n) is 7.24. The standard InChI is InChI=1S/C16H22N2O4.ClH/c1-20-8-7-17-5-6-18-16(19)13-9-12-10-14(21-2)3-4-15(12)22-11-13;/h3-4,9-10,17H,5-8,11H2,1-2H3,(H,18,19);1H. The van der Waals surface area contributed by atoms with Crippen molar-refractivity contribution in [1.82, 2.24) is 10.6 Å². The first-order valence-corrected chi connectivity index (χ1v) is 7.24. The zero-order chi connectivity index (χ0) is 15.8. The highest BCUT2D eigenvalue weighted by Crippen LogP contribution is 2.29. The van der Waals surface area contributed by atoms with E-state index in [9.17, 15) is 4.79 Å². The van der Waals surface area contributed by atoms with Crippen molar-refractivity contribution in [2.45, 2.75) is 0 Å². The molecule has 0 atom stereocenters. The lowest BCUT2D eigenvalue weighted by atomic mass is 10.1. The van der Waals surface area contributed by atoms with Gasteiger partial charge in [-0.2, -0.15) is 0 Å². The van der Waals surface area contributed by atoms with Crippen LogP contribution in [0.2, 0.25) is 0 Å². The number of carbonyl (C=O) groups is 1. The Bertz CT molecular complexity index is 549. The second kappa shape index (κ2) is 10.1. The van der Waals surface area contributed by atoms with Crippen molar-refractivity contribution >= 4 is 24.4 Å². The van der Waals surface area contributed by atoms with Crippen molar-refractivity contribution in [2.24, 2.45) is 0 Å². The maximum absolute atomic E-state index is 12.1. The van der Waals surface area contributed by atoms with E-state index in [1.807, 2.05) is 24.3 Å². The zero-order valence-corrected chi connectivity index (χ0v) is 14.2. The van der Waals surface area contributed by atoms with Crippen LogP contribution in [0.5, 0.6) is 11.5 Å². The van der Waals surface area contributed by atoms with E-state index in [-0.39, 0.29) is 24.9 Å². The monoisotopic (exact) mass is 342 g/mol. The van der Waals surface area contributed by atoms with E-state index in [1.54, 1.807) is 14.2 Å². The normalized spacial score (nSPS) is 12.3.